The molecule has 1 heterocycles. The molecule has 1 saturated heterocycles. The summed E-state index contributed by atoms with van der Waals surface area (Å²) in [5, 5.41) is 10.8. The molecule has 0 bridgehead atoms. The smallest absolute Gasteiger partial charge is 0.251 e. The largest absolute Gasteiger partial charge is 0.361 e. The number of ketones is 1. The zero-order valence-electron chi connectivity index (χ0n) is 26.5. The molecule has 3 N–H and O–H groups in total. The number of amides is 3. The summed E-state index contributed by atoms with van der Waals surface area (Å²) in [5.74, 6) is -1.18. The van der Waals surface area contributed by atoms with Gasteiger partial charge in [-0.3, -0.25) is 19.2 Å². The lowest BCUT2D eigenvalue weighted by Crippen LogP contribution is -2.54. The van der Waals surface area contributed by atoms with Crippen LogP contribution in [0.4, 0.5) is 0 Å². The van der Waals surface area contributed by atoms with E-state index < -0.39 is 35.5 Å². The molecule has 1 aliphatic heterocycles. The van der Waals surface area contributed by atoms with Gasteiger partial charge in [-0.1, -0.05) is 105 Å². The molecule has 0 radical (unpaired) electrons. The number of epoxide rings is 1. The molecule has 1 unspecified atom stereocenters. The molecule has 4 aromatic rings. The van der Waals surface area contributed by atoms with E-state index >= 15 is 0 Å². The first-order valence-electron chi connectivity index (χ1n) is 15.8. The van der Waals surface area contributed by atoms with Crippen molar-refractivity contribution in [3.8, 4) is 0 Å². The van der Waals surface area contributed by atoms with Crippen LogP contribution in [-0.2, 0) is 25.5 Å². The van der Waals surface area contributed by atoms with Crippen molar-refractivity contribution < 1.29 is 23.9 Å². The molecule has 8 heteroatoms. The topological polar surface area (TPSA) is 117 Å². The number of carbonyl (C=O) groups excluding carboxylic acids is 4. The van der Waals surface area contributed by atoms with Crippen molar-refractivity contribution in [3.63, 3.8) is 0 Å². The van der Waals surface area contributed by atoms with E-state index in [2.05, 4.69) is 16.0 Å². The van der Waals surface area contributed by atoms with Crippen LogP contribution in [0.25, 0.3) is 10.8 Å². The average Bonchev–Trinajstić information content (AvgIpc) is 3.82. The van der Waals surface area contributed by atoms with Gasteiger partial charge in [-0.25, -0.2) is 0 Å². The first-order valence-corrected chi connectivity index (χ1v) is 15.8. The van der Waals surface area contributed by atoms with Gasteiger partial charge in [-0.05, 0) is 53.3 Å². The van der Waals surface area contributed by atoms with Gasteiger partial charge in [-0.2, -0.15) is 0 Å². The molecule has 0 saturated carbocycles. The summed E-state index contributed by atoms with van der Waals surface area (Å²) in [6.07, 6.45) is 0.586. The fraction of sp³-hybridized carbons (Fsp3) is 0.316. The Hall–Kier alpha value is -4.82. The Kier molecular flexibility index (Phi) is 10.3. The SMILES string of the molecule is CC(C)C[C@H](NC(=O)[C@H](Cc1ccccc1)NC(=O)CC(NC(=O)c1ccc2ccccc2c1)c1ccccc1)C(=O)[C@@]1(C)CO1. The molecule has 0 spiro atoms. The molecule has 1 fully saturated rings. The number of carbonyl (C=O) groups is 4. The molecule has 46 heavy (non-hydrogen) atoms. The second-order valence-electron chi connectivity index (χ2n) is 12.6. The minimum absolute atomic E-state index is 0.0951. The molecule has 3 amide bonds. The molecule has 4 aromatic carbocycles. The Balaban J connectivity index is 1.34. The number of fused-ring (bicyclic) bond motifs is 1. The van der Waals surface area contributed by atoms with Crippen LogP contribution in [-0.4, -0.2) is 47.8 Å². The summed E-state index contributed by atoms with van der Waals surface area (Å²) >= 11 is 0. The predicted molar refractivity (Wildman–Crippen MR) is 178 cm³/mol. The van der Waals surface area contributed by atoms with Crippen molar-refractivity contribution in [2.75, 3.05) is 6.61 Å². The Labute approximate surface area is 269 Å². The number of ether oxygens (including phenoxy) is 1. The predicted octanol–water partition coefficient (Wildman–Crippen LogP) is 5.32. The van der Waals surface area contributed by atoms with Crippen LogP contribution in [0.1, 0.15) is 61.1 Å². The number of hydrogen-bond donors (Lipinski definition) is 3. The Morgan fingerprint density at radius 1 is 0.761 bits per heavy atom. The second kappa shape index (κ2) is 14.5. The van der Waals surface area contributed by atoms with Gasteiger partial charge in [0.05, 0.1) is 25.1 Å². The third-order valence-corrected chi connectivity index (χ3v) is 8.28. The van der Waals surface area contributed by atoms with Crippen molar-refractivity contribution in [2.45, 2.75) is 63.8 Å². The minimum atomic E-state index is -0.946. The highest BCUT2D eigenvalue weighted by Crippen LogP contribution is 2.30. The molecular formula is C38H41N3O5. The van der Waals surface area contributed by atoms with Crippen molar-refractivity contribution >= 4 is 34.3 Å². The molecule has 5 rings (SSSR count). The van der Waals surface area contributed by atoms with Gasteiger partial charge in [0.25, 0.3) is 5.91 Å². The monoisotopic (exact) mass is 619 g/mol. The second-order valence-corrected chi connectivity index (χ2v) is 12.6. The van der Waals surface area contributed by atoms with Gasteiger partial charge < -0.3 is 20.7 Å². The maximum absolute atomic E-state index is 13.8. The lowest BCUT2D eigenvalue weighted by molar-refractivity contribution is -0.133. The lowest BCUT2D eigenvalue weighted by Gasteiger charge is -2.26. The first kappa shape index (κ1) is 32.6. The maximum atomic E-state index is 13.8. The van der Waals surface area contributed by atoms with Gasteiger partial charge in [0.1, 0.15) is 11.6 Å². The van der Waals surface area contributed by atoms with Crippen LogP contribution >= 0.6 is 0 Å². The molecule has 238 valence electrons. The van der Waals surface area contributed by atoms with Crippen LogP contribution in [0.3, 0.4) is 0 Å². The minimum Gasteiger partial charge on any atom is -0.361 e. The summed E-state index contributed by atoms with van der Waals surface area (Å²) in [6, 6.07) is 29.6. The highest BCUT2D eigenvalue weighted by atomic mass is 16.6. The Morgan fingerprint density at radius 2 is 1.39 bits per heavy atom. The van der Waals surface area contributed by atoms with Crippen LogP contribution in [0.2, 0.25) is 0 Å². The Morgan fingerprint density at radius 3 is 2.04 bits per heavy atom. The number of rotatable bonds is 14. The van der Waals surface area contributed by atoms with Crippen molar-refractivity contribution in [3.05, 3.63) is 120 Å². The normalized spacial score (nSPS) is 17.5. The zero-order valence-corrected chi connectivity index (χ0v) is 26.5. The third-order valence-electron chi connectivity index (χ3n) is 8.28. The molecule has 0 aliphatic carbocycles. The van der Waals surface area contributed by atoms with Gasteiger partial charge in [0.15, 0.2) is 5.78 Å². The van der Waals surface area contributed by atoms with Crippen molar-refractivity contribution in [2.24, 2.45) is 5.92 Å². The molecule has 1 aliphatic rings. The van der Waals surface area contributed by atoms with E-state index in [1.165, 1.54) is 0 Å². The van der Waals surface area contributed by atoms with Crippen molar-refractivity contribution in [1.82, 2.24) is 16.0 Å². The quantitative estimate of drug-likeness (QED) is 0.165. The third kappa shape index (κ3) is 8.46. The van der Waals surface area contributed by atoms with E-state index in [4.69, 9.17) is 4.74 Å². The number of nitrogens with one attached hydrogen (secondary N) is 3. The Bertz CT molecular complexity index is 1680. The van der Waals surface area contributed by atoms with Crippen LogP contribution in [0, 0.1) is 5.92 Å². The van der Waals surface area contributed by atoms with E-state index in [-0.39, 0.29) is 30.4 Å². The van der Waals surface area contributed by atoms with E-state index in [9.17, 15) is 19.2 Å². The van der Waals surface area contributed by atoms with Crippen molar-refractivity contribution in [1.29, 1.82) is 0 Å². The summed E-state index contributed by atoms with van der Waals surface area (Å²) < 4.78 is 5.39. The summed E-state index contributed by atoms with van der Waals surface area (Å²) in [4.78, 5) is 54.1. The maximum Gasteiger partial charge on any atom is 0.251 e. The summed E-state index contributed by atoms with van der Waals surface area (Å²) in [7, 11) is 0. The standard InChI is InChI=1S/C38H41N3O5/c1-25(2)20-32(35(43)38(3)24-46-38)41-37(45)33(21-26-12-6-4-7-13-26)39-34(42)23-31(28-15-8-5-9-16-28)40-36(44)30-19-18-27-14-10-11-17-29(27)22-30/h4-19,22,25,31-33H,20-21,23-24H2,1-3H3,(H,39,42)(H,40,44)(H,41,45)/t31?,32-,33-,38+/m0/s1. The fourth-order valence-electron chi connectivity index (χ4n) is 5.60. The first-order chi connectivity index (χ1) is 22.1. The molecular weight excluding hydrogens is 578 g/mol. The van der Waals surface area contributed by atoms with Crippen LogP contribution < -0.4 is 16.0 Å². The lowest BCUT2D eigenvalue weighted by atomic mass is 9.93. The van der Waals surface area contributed by atoms with Gasteiger partial charge in [-0.15, -0.1) is 0 Å². The van der Waals surface area contributed by atoms with E-state index in [0.29, 0.717) is 18.6 Å². The van der Waals surface area contributed by atoms with E-state index in [1.54, 1.807) is 13.0 Å². The highest BCUT2D eigenvalue weighted by Gasteiger charge is 2.50. The van der Waals surface area contributed by atoms with Crippen LogP contribution in [0.5, 0.6) is 0 Å². The van der Waals surface area contributed by atoms with Gasteiger partial charge in [0, 0.05) is 12.0 Å². The molecule has 0 aromatic heterocycles. The van der Waals surface area contributed by atoms with Gasteiger partial charge >= 0.3 is 0 Å². The highest BCUT2D eigenvalue weighted by molar-refractivity contribution is 5.99. The van der Waals surface area contributed by atoms with E-state index in [1.807, 2.05) is 111 Å². The zero-order chi connectivity index (χ0) is 32.7. The van der Waals surface area contributed by atoms with Gasteiger partial charge in [0.2, 0.25) is 11.8 Å². The number of hydrogen-bond acceptors (Lipinski definition) is 5. The molecule has 4 atom stereocenters. The summed E-state index contributed by atoms with van der Waals surface area (Å²) in [6.45, 7) is 6.03. The number of Topliss-reactive ketones (excluding diaryl/α,β-unsaturated/α-hetero) is 1. The molecule has 8 nitrogen and oxygen atoms in total. The number of benzene rings is 4. The van der Waals surface area contributed by atoms with Crippen LogP contribution in [0.15, 0.2) is 103 Å². The van der Waals surface area contributed by atoms with E-state index in [0.717, 1.165) is 21.9 Å². The average molecular weight is 620 g/mol. The fourth-order valence-corrected chi connectivity index (χ4v) is 5.60. The summed E-state index contributed by atoms with van der Waals surface area (Å²) in [5.41, 5.74) is 1.21.